The first-order valence-corrected chi connectivity index (χ1v) is 12.2. The molecular weight excluding hydrogens is 492 g/mol. The highest BCUT2D eigenvalue weighted by molar-refractivity contribution is 6.34. The third-order valence-electron chi connectivity index (χ3n) is 6.23. The molecule has 37 heavy (non-hydrogen) atoms. The van der Waals surface area contributed by atoms with E-state index in [1.807, 2.05) is 31.2 Å². The first-order chi connectivity index (χ1) is 17.9. The molecule has 1 aliphatic heterocycles. The van der Waals surface area contributed by atoms with E-state index in [4.69, 9.17) is 16.6 Å². The minimum absolute atomic E-state index is 0.324. The van der Waals surface area contributed by atoms with Crippen molar-refractivity contribution < 1.29 is 4.79 Å². The molecular formula is C25H27ClN10O. The van der Waals surface area contributed by atoms with Crippen molar-refractivity contribution in [2.24, 2.45) is 7.05 Å². The molecule has 0 bridgehead atoms. The summed E-state index contributed by atoms with van der Waals surface area (Å²) >= 11 is 6.28. The molecule has 5 rings (SSSR count). The maximum Gasteiger partial charge on any atom is 0.274 e. The Kier molecular flexibility index (Phi) is 6.97. The highest BCUT2D eigenvalue weighted by atomic mass is 35.5. The minimum atomic E-state index is -0.330. The SMILES string of the molecule is Cc1cccc(Cl)c1NC(=O)c1cnc(Nc2nc(-c3cccnc3)nc(N3CCN(C)CC3)n2)n1C. The third kappa shape index (κ3) is 5.37. The first-order valence-electron chi connectivity index (χ1n) is 11.8. The second-order valence-corrected chi connectivity index (χ2v) is 9.26. The monoisotopic (exact) mass is 518 g/mol. The van der Waals surface area contributed by atoms with Crippen molar-refractivity contribution >= 4 is 41.0 Å². The van der Waals surface area contributed by atoms with Crippen LogP contribution >= 0.6 is 11.6 Å². The van der Waals surface area contributed by atoms with Crippen LogP contribution < -0.4 is 15.5 Å². The Morgan fingerprint density at radius 1 is 1.00 bits per heavy atom. The molecule has 2 N–H and O–H groups in total. The average Bonchev–Trinajstić information content (AvgIpc) is 3.26. The number of amides is 1. The fourth-order valence-electron chi connectivity index (χ4n) is 4.00. The van der Waals surface area contributed by atoms with Crippen molar-refractivity contribution in [2.45, 2.75) is 6.92 Å². The van der Waals surface area contributed by atoms with Gasteiger partial charge in [-0.2, -0.15) is 15.0 Å². The van der Waals surface area contributed by atoms with Crippen molar-refractivity contribution in [1.29, 1.82) is 0 Å². The predicted octanol–water partition coefficient (Wildman–Crippen LogP) is 3.38. The van der Waals surface area contributed by atoms with Gasteiger partial charge in [0.15, 0.2) is 5.82 Å². The molecule has 1 fully saturated rings. The Bertz CT molecular complexity index is 1400. The van der Waals surface area contributed by atoms with Gasteiger partial charge in [0.1, 0.15) is 5.69 Å². The molecule has 11 nitrogen and oxygen atoms in total. The molecule has 0 unspecified atom stereocenters. The van der Waals surface area contributed by atoms with E-state index in [9.17, 15) is 4.79 Å². The number of imidazole rings is 1. The van der Waals surface area contributed by atoms with Gasteiger partial charge in [-0.3, -0.25) is 15.1 Å². The Labute approximate surface area is 219 Å². The van der Waals surface area contributed by atoms with Crippen LogP contribution in [0.1, 0.15) is 16.1 Å². The van der Waals surface area contributed by atoms with E-state index in [2.05, 4.69) is 47.4 Å². The van der Waals surface area contributed by atoms with Crippen molar-refractivity contribution in [1.82, 2.24) is 34.4 Å². The van der Waals surface area contributed by atoms with E-state index < -0.39 is 0 Å². The number of nitrogens with zero attached hydrogens (tertiary/aromatic N) is 8. The number of aryl methyl sites for hydroxylation is 1. The van der Waals surface area contributed by atoms with Crippen LogP contribution in [0.15, 0.2) is 48.9 Å². The predicted molar refractivity (Wildman–Crippen MR) is 143 cm³/mol. The van der Waals surface area contributed by atoms with Gasteiger partial charge in [0.25, 0.3) is 5.91 Å². The number of hydrogen-bond donors (Lipinski definition) is 2. The molecule has 0 spiro atoms. The maximum atomic E-state index is 13.0. The summed E-state index contributed by atoms with van der Waals surface area (Å²) in [5.41, 5.74) is 2.56. The summed E-state index contributed by atoms with van der Waals surface area (Å²) < 4.78 is 1.64. The number of carbonyl (C=O) groups is 1. The van der Waals surface area contributed by atoms with Gasteiger partial charge in [-0.25, -0.2) is 4.98 Å². The molecule has 1 saturated heterocycles. The zero-order chi connectivity index (χ0) is 25.9. The lowest BCUT2D eigenvalue weighted by Crippen LogP contribution is -2.45. The van der Waals surface area contributed by atoms with E-state index in [0.29, 0.717) is 40.1 Å². The summed E-state index contributed by atoms with van der Waals surface area (Å²) in [6, 6.07) is 9.20. The van der Waals surface area contributed by atoms with Gasteiger partial charge >= 0.3 is 0 Å². The van der Waals surface area contributed by atoms with E-state index in [0.717, 1.165) is 37.3 Å². The number of para-hydroxylation sites is 1. The van der Waals surface area contributed by atoms with Crippen LogP contribution in [0, 0.1) is 6.92 Å². The number of hydrogen-bond acceptors (Lipinski definition) is 9. The number of halogens is 1. The first kappa shape index (κ1) is 24.6. The van der Waals surface area contributed by atoms with Crippen molar-refractivity contribution in [3.63, 3.8) is 0 Å². The summed E-state index contributed by atoms with van der Waals surface area (Å²) in [6.45, 7) is 5.33. The number of pyridine rings is 1. The molecule has 4 aromatic rings. The van der Waals surface area contributed by atoms with Crippen LogP contribution in [0.2, 0.25) is 5.02 Å². The number of nitrogens with one attached hydrogen (secondary N) is 2. The molecule has 0 radical (unpaired) electrons. The molecule has 0 saturated carbocycles. The molecule has 1 amide bonds. The molecule has 0 aliphatic carbocycles. The fraction of sp³-hybridized carbons (Fsp3) is 0.280. The number of rotatable bonds is 6. The molecule has 12 heteroatoms. The second kappa shape index (κ2) is 10.5. The lowest BCUT2D eigenvalue weighted by molar-refractivity contribution is 0.101. The van der Waals surface area contributed by atoms with E-state index >= 15 is 0 Å². The van der Waals surface area contributed by atoms with Crippen LogP contribution in [0.5, 0.6) is 0 Å². The van der Waals surface area contributed by atoms with Crippen molar-refractivity contribution in [2.75, 3.05) is 48.8 Å². The third-order valence-corrected chi connectivity index (χ3v) is 6.55. The van der Waals surface area contributed by atoms with Crippen LogP contribution in [0.25, 0.3) is 11.4 Å². The number of aromatic nitrogens is 6. The van der Waals surface area contributed by atoms with Gasteiger partial charge in [-0.15, -0.1) is 0 Å². The molecule has 4 heterocycles. The average molecular weight is 519 g/mol. The second-order valence-electron chi connectivity index (χ2n) is 8.85. The Hall–Kier alpha value is -4.09. The van der Waals surface area contributed by atoms with Crippen molar-refractivity contribution in [3.05, 3.63) is 65.2 Å². The zero-order valence-electron chi connectivity index (χ0n) is 20.8. The number of anilines is 4. The normalized spacial score (nSPS) is 14.0. The van der Waals surface area contributed by atoms with E-state index in [-0.39, 0.29) is 5.91 Å². The Morgan fingerprint density at radius 3 is 2.54 bits per heavy atom. The van der Waals surface area contributed by atoms with E-state index in [1.54, 1.807) is 30.1 Å². The summed E-state index contributed by atoms with van der Waals surface area (Å²) in [7, 11) is 3.84. The zero-order valence-corrected chi connectivity index (χ0v) is 21.6. The lowest BCUT2D eigenvalue weighted by atomic mass is 10.2. The number of piperazine rings is 1. The smallest absolute Gasteiger partial charge is 0.274 e. The van der Waals surface area contributed by atoms with Crippen LogP contribution in [0.3, 0.4) is 0 Å². The Balaban J connectivity index is 1.43. The van der Waals surface area contributed by atoms with Gasteiger partial charge in [0, 0.05) is 51.2 Å². The lowest BCUT2D eigenvalue weighted by Gasteiger charge is -2.32. The topological polar surface area (TPSA) is 117 Å². The summed E-state index contributed by atoms with van der Waals surface area (Å²) in [6.07, 6.45) is 4.91. The number of likely N-dealkylation sites (N-methyl/N-ethyl adjacent to an activating group) is 1. The van der Waals surface area contributed by atoms with Crippen molar-refractivity contribution in [3.8, 4) is 11.4 Å². The van der Waals surface area contributed by atoms with Crippen LogP contribution in [-0.2, 0) is 7.05 Å². The molecule has 1 aliphatic rings. The van der Waals surface area contributed by atoms with E-state index in [1.165, 1.54) is 6.20 Å². The van der Waals surface area contributed by atoms with Gasteiger partial charge in [0.2, 0.25) is 17.8 Å². The molecule has 190 valence electrons. The molecule has 1 aromatic carbocycles. The maximum absolute atomic E-state index is 13.0. The van der Waals surface area contributed by atoms with Gasteiger partial charge < -0.3 is 19.7 Å². The van der Waals surface area contributed by atoms with Crippen LogP contribution in [0.4, 0.5) is 23.5 Å². The largest absolute Gasteiger partial charge is 0.338 e. The minimum Gasteiger partial charge on any atom is -0.338 e. The summed E-state index contributed by atoms with van der Waals surface area (Å²) in [5, 5.41) is 6.51. The van der Waals surface area contributed by atoms with Gasteiger partial charge in [-0.1, -0.05) is 23.7 Å². The standard InChI is InChI=1S/C25H27ClN10O/c1-16-6-4-8-18(26)20(16)29-22(37)19-15-28-24(35(19)3)32-23-30-21(17-7-5-9-27-14-17)31-25(33-23)36-12-10-34(2)11-13-36/h4-9,14-15H,10-13H2,1-3H3,(H,29,37)(H,28,30,31,32,33). The molecule has 0 atom stereocenters. The van der Waals surface area contributed by atoms with Gasteiger partial charge in [0.05, 0.1) is 16.9 Å². The number of benzene rings is 1. The number of carbonyl (C=O) groups excluding carboxylic acids is 1. The summed E-state index contributed by atoms with van der Waals surface area (Å²) in [5.74, 6) is 1.48. The highest BCUT2D eigenvalue weighted by Gasteiger charge is 2.21. The molecule has 3 aromatic heterocycles. The van der Waals surface area contributed by atoms with Crippen LogP contribution in [-0.4, -0.2) is 73.5 Å². The fourth-order valence-corrected chi connectivity index (χ4v) is 4.27. The quantitative estimate of drug-likeness (QED) is 0.396. The highest BCUT2D eigenvalue weighted by Crippen LogP contribution is 2.26. The summed E-state index contributed by atoms with van der Waals surface area (Å²) in [4.78, 5) is 40.0. The van der Waals surface area contributed by atoms with Gasteiger partial charge in [-0.05, 0) is 37.7 Å². The Morgan fingerprint density at radius 2 is 1.81 bits per heavy atom.